The first-order valence-electron chi connectivity index (χ1n) is 15.7. The van der Waals surface area contributed by atoms with Gasteiger partial charge in [-0.05, 0) is 97.8 Å². The third-order valence-electron chi connectivity index (χ3n) is 10.5. The van der Waals surface area contributed by atoms with E-state index >= 15 is 0 Å². The molecular formula is C32H54P2. The van der Waals surface area contributed by atoms with Crippen molar-refractivity contribution in [2.75, 3.05) is 6.16 Å². The molecule has 0 aromatic carbocycles. The van der Waals surface area contributed by atoms with Crippen molar-refractivity contribution in [3.8, 4) is 0 Å². The summed E-state index contributed by atoms with van der Waals surface area (Å²) in [5, 5.41) is 0. The van der Waals surface area contributed by atoms with Crippen molar-refractivity contribution in [3.63, 3.8) is 0 Å². The molecule has 0 radical (unpaired) electrons. The van der Waals surface area contributed by atoms with Crippen molar-refractivity contribution in [2.24, 2.45) is 0 Å². The molecule has 0 aromatic rings. The number of rotatable bonds is 8. The fourth-order valence-corrected chi connectivity index (χ4v) is 16.9. The Morgan fingerprint density at radius 1 is 0.618 bits per heavy atom. The average Bonchev–Trinajstić information content (AvgIpc) is 3.38. The summed E-state index contributed by atoms with van der Waals surface area (Å²) < 4.78 is 0. The van der Waals surface area contributed by atoms with Crippen LogP contribution in [0.25, 0.3) is 0 Å². The van der Waals surface area contributed by atoms with Gasteiger partial charge < -0.3 is 0 Å². The van der Waals surface area contributed by atoms with E-state index in [0.29, 0.717) is 0 Å². The van der Waals surface area contributed by atoms with Gasteiger partial charge in [0.25, 0.3) is 0 Å². The van der Waals surface area contributed by atoms with Gasteiger partial charge in [0, 0.05) is 0 Å². The zero-order valence-corrected chi connectivity index (χ0v) is 24.3. The minimum Gasteiger partial charge on any atom is -0.0958 e. The monoisotopic (exact) mass is 500 g/mol. The zero-order valence-electron chi connectivity index (χ0n) is 22.5. The van der Waals surface area contributed by atoms with E-state index in [1.54, 1.807) is 51.4 Å². The normalized spacial score (nSPS) is 27.9. The van der Waals surface area contributed by atoms with Crippen LogP contribution in [-0.2, 0) is 0 Å². The van der Waals surface area contributed by atoms with E-state index in [4.69, 9.17) is 0 Å². The summed E-state index contributed by atoms with van der Waals surface area (Å²) in [4.78, 5) is 0. The minimum atomic E-state index is 0.160. The summed E-state index contributed by atoms with van der Waals surface area (Å²) in [5.74, 6) is 0. The molecule has 0 amide bonds. The largest absolute Gasteiger partial charge is 0.0958 e. The van der Waals surface area contributed by atoms with Gasteiger partial charge in [-0.25, -0.2) is 0 Å². The quantitative estimate of drug-likeness (QED) is 0.291. The van der Waals surface area contributed by atoms with Crippen LogP contribution in [0.5, 0.6) is 0 Å². The topological polar surface area (TPSA) is 0 Å². The Morgan fingerprint density at radius 3 is 1.47 bits per heavy atom. The minimum absolute atomic E-state index is 0.160. The maximum absolute atomic E-state index is 2.74. The SMILES string of the molecule is C[C@H](C1=C(CP(C2CCCCC2)C2CCCCC2)C=CC1)P(C1CCCCC1)C1CCCCC1. The van der Waals surface area contributed by atoms with Gasteiger partial charge in [0.05, 0.1) is 0 Å². The van der Waals surface area contributed by atoms with Crippen molar-refractivity contribution < 1.29 is 0 Å². The van der Waals surface area contributed by atoms with Crippen LogP contribution >= 0.6 is 15.8 Å². The highest BCUT2D eigenvalue weighted by molar-refractivity contribution is 7.60. The highest BCUT2D eigenvalue weighted by Gasteiger charge is 2.38. The molecule has 0 N–H and O–H groups in total. The standard InChI is InChI=1S/C32H54P2/c1-26(34(30-20-10-4-11-21-30)31-22-12-5-13-23-31)32-24-14-15-27(32)25-33(28-16-6-2-7-17-28)29-18-8-3-9-19-29/h14-15,26,28-31H,2-13,16-25H2,1H3/t26-/m1/s1. The first-order chi connectivity index (χ1) is 16.8. The van der Waals surface area contributed by atoms with Gasteiger partial charge >= 0.3 is 0 Å². The van der Waals surface area contributed by atoms with Gasteiger partial charge in [0.15, 0.2) is 0 Å². The van der Waals surface area contributed by atoms with Crippen LogP contribution < -0.4 is 0 Å². The molecule has 1 atom stereocenters. The van der Waals surface area contributed by atoms with Gasteiger partial charge in [-0.2, -0.15) is 0 Å². The van der Waals surface area contributed by atoms with E-state index < -0.39 is 0 Å². The fraction of sp³-hybridized carbons (Fsp3) is 0.875. The molecule has 5 aliphatic carbocycles. The summed E-state index contributed by atoms with van der Waals surface area (Å²) in [6.07, 6.45) is 38.9. The zero-order chi connectivity index (χ0) is 23.2. The molecule has 4 fully saturated rings. The van der Waals surface area contributed by atoms with E-state index in [2.05, 4.69) is 19.1 Å². The highest BCUT2D eigenvalue weighted by atomic mass is 31.1. The molecule has 192 valence electrons. The van der Waals surface area contributed by atoms with Crippen LogP contribution in [-0.4, -0.2) is 34.5 Å². The van der Waals surface area contributed by atoms with E-state index in [1.165, 1.54) is 89.6 Å². The molecule has 0 unspecified atom stereocenters. The first kappa shape index (κ1) is 26.0. The van der Waals surface area contributed by atoms with Crippen LogP contribution in [0.2, 0.25) is 0 Å². The van der Waals surface area contributed by atoms with E-state index in [1.807, 2.05) is 11.1 Å². The molecule has 5 aliphatic rings. The van der Waals surface area contributed by atoms with Crippen LogP contribution in [0, 0.1) is 0 Å². The Morgan fingerprint density at radius 2 is 1.03 bits per heavy atom. The third kappa shape index (κ3) is 6.42. The summed E-state index contributed by atoms with van der Waals surface area (Å²) in [5.41, 5.74) is 9.13. The summed E-state index contributed by atoms with van der Waals surface area (Å²) in [6, 6.07) is 0. The summed E-state index contributed by atoms with van der Waals surface area (Å²) in [7, 11) is 0.350. The summed E-state index contributed by atoms with van der Waals surface area (Å²) in [6.45, 7) is 2.74. The molecule has 2 heteroatoms. The molecule has 34 heavy (non-hydrogen) atoms. The Bertz CT molecular complexity index is 633. The average molecular weight is 501 g/mol. The van der Waals surface area contributed by atoms with Crippen LogP contribution in [0.4, 0.5) is 0 Å². The Balaban J connectivity index is 1.37. The lowest BCUT2D eigenvalue weighted by Crippen LogP contribution is -2.27. The summed E-state index contributed by atoms with van der Waals surface area (Å²) >= 11 is 0. The van der Waals surface area contributed by atoms with E-state index in [9.17, 15) is 0 Å². The van der Waals surface area contributed by atoms with Crippen LogP contribution in [0.1, 0.15) is 142 Å². The number of hydrogen-bond donors (Lipinski definition) is 0. The van der Waals surface area contributed by atoms with Crippen molar-refractivity contribution in [1.82, 2.24) is 0 Å². The van der Waals surface area contributed by atoms with Gasteiger partial charge in [-0.1, -0.05) is 118 Å². The molecule has 0 heterocycles. The lowest BCUT2D eigenvalue weighted by Gasteiger charge is -2.43. The second kappa shape index (κ2) is 13.2. The molecule has 0 saturated heterocycles. The van der Waals surface area contributed by atoms with E-state index in [0.717, 1.165) is 28.3 Å². The molecule has 0 spiro atoms. The van der Waals surface area contributed by atoms with Gasteiger partial charge in [-0.15, -0.1) is 0 Å². The second-order valence-electron chi connectivity index (χ2n) is 12.6. The predicted octanol–water partition coefficient (Wildman–Crippen LogP) is 10.9. The predicted molar refractivity (Wildman–Crippen MR) is 156 cm³/mol. The molecular weight excluding hydrogens is 446 g/mol. The van der Waals surface area contributed by atoms with Crippen molar-refractivity contribution in [1.29, 1.82) is 0 Å². The maximum Gasteiger partial charge on any atom is -0.00137 e. The Labute approximate surface area is 215 Å². The van der Waals surface area contributed by atoms with Gasteiger partial charge in [-0.3, -0.25) is 0 Å². The number of hydrogen-bond acceptors (Lipinski definition) is 0. The fourth-order valence-electron chi connectivity index (χ4n) is 8.61. The maximum atomic E-state index is 2.74. The Kier molecular flexibility index (Phi) is 10.1. The lowest BCUT2D eigenvalue weighted by molar-refractivity contribution is 0.482. The number of allylic oxidation sites excluding steroid dienone is 4. The van der Waals surface area contributed by atoms with E-state index in [-0.39, 0.29) is 15.8 Å². The van der Waals surface area contributed by atoms with Crippen molar-refractivity contribution in [2.45, 2.75) is 170 Å². The first-order valence-corrected chi connectivity index (χ1v) is 18.9. The van der Waals surface area contributed by atoms with Gasteiger partial charge in [0.1, 0.15) is 0 Å². The molecule has 0 nitrogen and oxygen atoms in total. The van der Waals surface area contributed by atoms with Gasteiger partial charge in [0.2, 0.25) is 0 Å². The lowest BCUT2D eigenvalue weighted by atomic mass is 9.99. The molecule has 5 rings (SSSR count). The molecule has 0 aromatic heterocycles. The highest BCUT2D eigenvalue weighted by Crippen LogP contribution is 2.62. The molecule has 0 bridgehead atoms. The van der Waals surface area contributed by atoms with Crippen molar-refractivity contribution in [3.05, 3.63) is 23.3 Å². The Hall–Kier alpha value is 0.340. The van der Waals surface area contributed by atoms with Crippen molar-refractivity contribution >= 4 is 15.8 Å². The molecule has 4 saturated carbocycles. The second-order valence-corrected chi connectivity index (χ2v) is 18.6. The molecule has 0 aliphatic heterocycles. The van der Waals surface area contributed by atoms with Crippen LogP contribution in [0.15, 0.2) is 23.3 Å². The third-order valence-corrected chi connectivity index (χ3v) is 18.0. The van der Waals surface area contributed by atoms with Crippen LogP contribution in [0.3, 0.4) is 0 Å². The smallest absolute Gasteiger partial charge is 0.00137 e.